The molecule has 0 saturated carbocycles. The second-order valence-corrected chi connectivity index (χ2v) is 6.26. The fraction of sp³-hybridized carbons (Fsp3) is 0.389. The lowest BCUT2D eigenvalue weighted by Gasteiger charge is -2.32. The molecule has 2 aromatic rings. The van der Waals surface area contributed by atoms with E-state index < -0.39 is 5.56 Å². The highest BCUT2D eigenvalue weighted by Gasteiger charge is 2.29. The average molecular weight is 395 g/mol. The monoisotopic (exact) mass is 394 g/mol. The van der Waals surface area contributed by atoms with Crippen molar-refractivity contribution in [2.45, 2.75) is 12.8 Å². The van der Waals surface area contributed by atoms with E-state index in [1.54, 1.807) is 23.1 Å². The lowest BCUT2D eigenvalue weighted by Crippen LogP contribution is -2.47. The van der Waals surface area contributed by atoms with Crippen LogP contribution in [0.1, 0.15) is 23.2 Å². The number of nitrogens with two attached hydrogens (primary N) is 1. The number of aromatic amines is 1. The molecule has 2 amide bonds. The van der Waals surface area contributed by atoms with E-state index in [0.717, 1.165) is 6.42 Å². The maximum atomic E-state index is 12.7. The van der Waals surface area contributed by atoms with Crippen molar-refractivity contribution >= 4 is 24.2 Å². The van der Waals surface area contributed by atoms with Crippen molar-refractivity contribution in [1.82, 2.24) is 15.2 Å². The minimum absolute atomic E-state index is 0. The molecule has 146 valence electrons. The van der Waals surface area contributed by atoms with E-state index in [9.17, 15) is 14.4 Å². The summed E-state index contributed by atoms with van der Waals surface area (Å²) in [4.78, 5) is 41.4. The van der Waals surface area contributed by atoms with E-state index in [-0.39, 0.29) is 35.7 Å². The van der Waals surface area contributed by atoms with Gasteiger partial charge < -0.3 is 25.4 Å². The van der Waals surface area contributed by atoms with Gasteiger partial charge in [0.1, 0.15) is 11.3 Å². The molecular formula is C18H23ClN4O4. The van der Waals surface area contributed by atoms with E-state index in [4.69, 9.17) is 10.2 Å². The van der Waals surface area contributed by atoms with Crippen LogP contribution < -0.4 is 16.6 Å². The Kier molecular flexibility index (Phi) is 7.20. The highest BCUT2D eigenvalue weighted by molar-refractivity contribution is 5.94. The lowest BCUT2D eigenvalue weighted by molar-refractivity contribution is -0.126. The Labute approximate surface area is 162 Å². The number of nitrogens with zero attached hydrogens (tertiary/aromatic N) is 1. The molecular weight excluding hydrogens is 372 g/mol. The van der Waals surface area contributed by atoms with Gasteiger partial charge in [0.25, 0.3) is 11.5 Å². The van der Waals surface area contributed by atoms with Crippen LogP contribution in [0.25, 0.3) is 11.5 Å². The Bertz CT molecular complexity index is 834. The molecule has 4 N–H and O–H groups in total. The molecule has 8 nitrogen and oxygen atoms in total. The highest BCUT2D eigenvalue weighted by Crippen LogP contribution is 2.19. The van der Waals surface area contributed by atoms with Gasteiger partial charge in [-0.2, -0.15) is 0 Å². The van der Waals surface area contributed by atoms with E-state index in [0.29, 0.717) is 44.1 Å². The van der Waals surface area contributed by atoms with E-state index >= 15 is 0 Å². The third kappa shape index (κ3) is 4.78. The summed E-state index contributed by atoms with van der Waals surface area (Å²) in [5.41, 5.74) is 5.49. The number of piperidine rings is 1. The van der Waals surface area contributed by atoms with Gasteiger partial charge in [0.05, 0.1) is 17.9 Å². The number of nitrogens with one attached hydrogen (secondary N) is 2. The zero-order valence-corrected chi connectivity index (χ0v) is 15.6. The van der Waals surface area contributed by atoms with Gasteiger partial charge >= 0.3 is 0 Å². The molecule has 3 heterocycles. The topological polar surface area (TPSA) is 121 Å². The maximum absolute atomic E-state index is 12.7. The second kappa shape index (κ2) is 9.38. The summed E-state index contributed by atoms with van der Waals surface area (Å²) in [5, 5.41) is 2.76. The zero-order chi connectivity index (χ0) is 18.5. The number of likely N-dealkylation sites (tertiary alicyclic amines) is 1. The third-order valence-electron chi connectivity index (χ3n) is 4.45. The average Bonchev–Trinajstić information content (AvgIpc) is 3.20. The van der Waals surface area contributed by atoms with Crippen molar-refractivity contribution in [2.24, 2.45) is 11.7 Å². The molecule has 0 bridgehead atoms. The molecule has 0 spiro atoms. The van der Waals surface area contributed by atoms with Crippen LogP contribution in [0, 0.1) is 5.92 Å². The van der Waals surface area contributed by atoms with Crippen molar-refractivity contribution in [3.05, 3.63) is 46.4 Å². The summed E-state index contributed by atoms with van der Waals surface area (Å²) >= 11 is 0. The van der Waals surface area contributed by atoms with Crippen LogP contribution >= 0.6 is 12.4 Å². The summed E-state index contributed by atoms with van der Waals surface area (Å²) in [5.74, 6) is -0.222. The van der Waals surface area contributed by atoms with Crippen LogP contribution in [0.5, 0.6) is 0 Å². The molecule has 9 heteroatoms. The van der Waals surface area contributed by atoms with Crippen LogP contribution in [0.4, 0.5) is 0 Å². The van der Waals surface area contributed by atoms with Crippen molar-refractivity contribution < 1.29 is 14.0 Å². The predicted molar refractivity (Wildman–Crippen MR) is 103 cm³/mol. The van der Waals surface area contributed by atoms with Gasteiger partial charge in [-0.3, -0.25) is 14.4 Å². The SMILES string of the molecule is Cl.NCCNC(=O)C1CCCN(C(=O)c2ccc(-c3ccco3)[nH]c2=O)C1. The number of carbonyl (C=O) groups excluding carboxylic acids is 2. The quantitative estimate of drug-likeness (QED) is 0.698. The number of rotatable bonds is 5. The number of hydrogen-bond donors (Lipinski definition) is 3. The molecule has 1 fully saturated rings. The van der Waals surface area contributed by atoms with E-state index in [1.807, 2.05) is 0 Å². The summed E-state index contributed by atoms with van der Waals surface area (Å²) in [6.07, 6.45) is 2.94. The molecule has 0 radical (unpaired) electrons. The number of H-pyrrole nitrogens is 1. The molecule has 3 rings (SSSR count). The van der Waals surface area contributed by atoms with E-state index in [2.05, 4.69) is 10.3 Å². The Balaban J connectivity index is 0.00000261. The first-order valence-corrected chi connectivity index (χ1v) is 8.64. The largest absolute Gasteiger partial charge is 0.463 e. The fourth-order valence-electron chi connectivity index (χ4n) is 3.10. The Morgan fingerprint density at radius 1 is 1.33 bits per heavy atom. The standard InChI is InChI=1S/C18H22N4O4.ClH/c19-7-8-20-16(23)12-3-1-9-22(11-12)18(25)13-5-6-14(21-17(13)24)15-4-2-10-26-15;/h2,4-6,10,12H,1,3,7-9,11,19H2,(H,20,23)(H,21,24);1H. The van der Waals surface area contributed by atoms with Gasteiger partial charge in [-0.05, 0) is 37.1 Å². The minimum Gasteiger partial charge on any atom is -0.463 e. The third-order valence-corrected chi connectivity index (χ3v) is 4.45. The fourth-order valence-corrected chi connectivity index (χ4v) is 3.10. The summed E-state index contributed by atoms with van der Waals surface area (Å²) < 4.78 is 5.25. The first-order chi connectivity index (χ1) is 12.6. The van der Waals surface area contributed by atoms with Crippen LogP contribution in [0.3, 0.4) is 0 Å². The van der Waals surface area contributed by atoms with Crippen molar-refractivity contribution in [3.63, 3.8) is 0 Å². The number of carbonyl (C=O) groups is 2. The summed E-state index contributed by atoms with van der Waals surface area (Å²) in [7, 11) is 0. The highest BCUT2D eigenvalue weighted by atomic mass is 35.5. The van der Waals surface area contributed by atoms with Gasteiger partial charge in [-0.15, -0.1) is 12.4 Å². The first-order valence-electron chi connectivity index (χ1n) is 8.64. The summed E-state index contributed by atoms with van der Waals surface area (Å²) in [6, 6.07) is 6.58. The zero-order valence-electron chi connectivity index (χ0n) is 14.8. The smallest absolute Gasteiger partial charge is 0.261 e. The number of pyridine rings is 1. The molecule has 1 aliphatic rings. The Morgan fingerprint density at radius 2 is 2.15 bits per heavy atom. The van der Waals surface area contributed by atoms with Gasteiger partial charge in [-0.25, -0.2) is 0 Å². The Hall–Kier alpha value is -2.58. The van der Waals surface area contributed by atoms with Crippen LogP contribution in [-0.4, -0.2) is 47.9 Å². The maximum Gasteiger partial charge on any atom is 0.261 e. The molecule has 0 aromatic carbocycles. The number of halogens is 1. The summed E-state index contributed by atoms with van der Waals surface area (Å²) in [6.45, 7) is 1.61. The minimum atomic E-state index is -0.474. The molecule has 0 aliphatic carbocycles. The molecule has 27 heavy (non-hydrogen) atoms. The molecule has 1 saturated heterocycles. The number of aromatic nitrogens is 1. The Morgan fingerprint density at radius 3 is 2.81 bits per heavy atom. The first kappa shape index (κ1) is 20.7. The van der Waals surface area contributed by atoms with Crippen LogP contribution in [0.2, 0.25) is 0 Å². The molecule has 1 atom stereocenters. The number of hydrogen-bond acceptors (Lipinski definition) is 5. The van der Waals surface area contributed by atoms with Gasteiger partial charge in [0.15, 0.2) is 0 Å². The van der Waals surface area contributed by atoms with Crippen molar-refractivity contribution in [2.75, 3.05) is 26.2 Å². The predicted octanol–water partition coefficient (Wildman–Crippen LogP) is 0.984. The van der Waals surface area contributed by atoms with Crippen molar-refractivity contribution in [3.8, 4) is 11.5 Å². The lowest BCUT2D eigenvalue weighted by atomic mass is 9.96. The number of amides is 2. The van der Waals surface area contributed by atoms with Crippen molar-refractivity contribution in [1.29, 1.82) is 0 Å². The molecule has 2 aromatic heterocycles. The molecule has 1 aliphatic heterocycles. The normalized spacial score (nSPS) is 16.5. The van der Waals surface area contributed by atoms with Crippen LogP contribution in [0.15, 0.2) is 39.7 Å². The van der Waals surface area contributed by atoms with E-state index in [1.165, 1.54) is 12.3 Å². The van der Waals surface area contributed by atoms with Gasteiger partial charge in [0.2, 0.25) is 5.91 Å². The second-order valence-electron chi connectivity index (χ2n) is 6.26. The van der Waals surface area contributed by atoms with Crippen LogP contribution in [-0.2, 0) is 4.79 Å². The van der Waals surface area contributed by atoms with Gasteiger partial charge in [-0.1, -0.05) is 0 Å². The van der Waals surface area contributed by atoms with Gasteiger partial charge in [0, 0.05) is 26.2 Å². The molecule has 1 unspecified atom stereocenters. The number of furan rings is 1.